The summed E-state index contributed by atoms with van der Waals surface area (Å²) >= 11 is 0. The highest BCUT2D eigenvalue weighted by atomic mass is 15.0. The lowest BCUT2D eigenvalue weighted by Gasteiger charge is -2.25. The van der Waals surface area contributed by atoms with Crippen LogP contribution >= 0.6 is 0 Å². The lowest BCUT2D eigenvalue weighted by atomic mass is 9.78. The van der Waals surface area contributed by atoms with Gasteiger partial charge in [0.15, 0.2) is 0 Å². The largest absolute Gasteiger partial charge is 0.398 e. The van der Waals surface area contributed by atoms with E-state index in [1.54, 1.807) is 0 Å². The topological polar surface area (TPSA) is 30.9 Å². The first kappa shape index (κ1) is 34.1. The Kier molecular flexibility index (Phi) is 7.78. The molecule has 2 nitrogen and oxygen atoms in total. The number of rotatable bonds is 6. The van der Waals surface area contributed by atoms with Crippen LogP contribution in [-0.2, 0) is 11.8 Å². The van der Waals surface area contributed by atoms with E-state index in [9.17, 15) is 0 Å². The van der Waals surface area contributed by atoms with Crippen molar-refractivity contribution in [3.8, 4) is 39.1 Å². The predicted octanol–water partition coefficient (Wildman–Crippen LogP) is 14.3. The van der Waals surface area contributed by atoms with E-state index in [1.807, 2.05) is 6.07 Å². The van der Waals surface area contributed by atoms with Gasteiger partial charge in [0.25, 0.3) is 0 Å². The molecule has 1 aliphatic carbocycles. The van der Waals surface area contributed by atoms with Crippen molar-refractivity contribution < 1.29 is 0 Å². The number of aromatic nitrogens is 1. The van der Waals surface area contributed by atoms with Crippen LogP contribution in [0.5, 0.6) is 0 Å². The third kappa shape index (κ3) is 5.26. The summed E-state index contributed by atoms with van der Waals surface area (Å²) in [5, 5.41) is 7.87. The summed E-state index contributed by atoms with van der Waals surface area (Å²) in [5.74, 6) is 0. The molecule has 0 saturated carbocycles. The summed E-state index contributed by atoms with van der Waals surface area (Å²) in [6, 6.07) is 68.6. The Bertz CT molecular complexity index is 3250. The van der Waals surface area contributed by atoms with Crippen molar-refractivity contribution in [3.63, 3.8) is 0 Å². The van der Waals surface area contributed by atoms with Gasteiger partial charge in [0.1, 0.15) is 0 Å². The van der Waals surface area contributed by atoms with Crippen LogP contribution in [0.4, 0.5) is 0 Å². The van der Waals surface area contributed by atoms with Gasteiger partial charge in [-0.15, -0.1) is 0 Å². The van der Waals surface area contributed by atoms with Crippen LogP contribution < -0.4 is 5.73 Å². The SMILES string of the molecule is CC1(C)c2c(c3ccccc3c3ccccc23)-c2ccc3c4ccccc4n(-c4cccc(-c5ccc(C/C=C(\N)c6ccc(-c7ccccc7)cc6)cc5)c4)c3c21. The molecule has 276 valence electrons. The van der Waals surface area contributed by atoms with Gasteiger partial charge in [-0.05, 0) is 102 Å². The number of nitrogens with two attached hydrogens (primary N) is 1. The van der Waals surface area contributed by atoms with E-state index in [-0.39, 0.29) is 5.41 Å². The minimum atomic E-state index is -0.239. The Labute approximate surface area is 339 Å². The number of allylic oxidation sites excluding steroid dienone is 1. The van der Waals surface area contributed by atoms with Crippen molar-refractivity contribution in [3.05, 3.63) is 216 Å². The lowest BCUT2D eigenvalue weighted by molar-refractivity contribution is 0.670. The molecular weight excluding hydrogens is 701 g/mol. The van der Waals surface area contributed by atoms with Crippen LogP contribution in [0.25, 0.3) is 88.1 Å². The number of hydrogen-bond acceptors (Lipinski definition) is 1. The third-order valence-corrected chi connectivity index (χ3v) is 12.6. The molecule has 0 bridgehead atoms. The van der Waals surface area contributed by atoms with E-state index in [4.69, 9.17) is 5.73 Å². The molecule has 0 amide bonds. The molecule has 1 heterocycles. The van der Waals surface area contributed by atoms with Crippen LogP contribution in [0.3, 0.4) is 0 Å². The molecule has 0 fully saturated rings. The molecule has 10 aromatic rings. The van der Waals surface area contributed by atoms with E-state index in [0.717, 1.165) is 23.4 Å². The maximum atomic E-state index is 6.58. The zero-order chi connectivity index (χ0) is 39.0. The van der Waals surface area contributed by atoms with Crippen LogP contribution in [-0.4, -0.2) is 4.57 Å². The second-order valence-electron chi connectivity index (χ2n) is 16.3. The van der Waals surface area contributed by atoms with Crippen LogP contribution in [0, 0.1) is 0 Å². The summed E-state index contributed by atoms with van der Waals surface area (Å²) in [6.07, 6.45) is 2.89. The fraction of sp³-hybridized carbons (Fsp3) is 0.0714. The highest BCUT2D eigenvalue weighted by molar-refractivity contribution is 6.21. The maximum absolute atomic E-state index is 6.58. The summed E-state index contributed by atoms with van der Waals surface area (Å²) in [4.78, 5) is 0. The molecule has 0 saturated heterocycles. The average Bonchev–Trinajstić information content (AvgIpc) is 3.74. The first-order valence-corrected chi connectivity index (χ1v) is 20.3. The van der Waals surface area contributed by atoms with Crippen LogP contribution in [0.15, 0.2) is 194 Å². The second-order valence-corrected chi connectivity index (χ2v) is 16.3. The quantitative estimate of drug-likeness (QED) is 0.169. The molecule has 0 unspecified atom stereocenters. The molecule has 2 N–H and O–H groups in total. The standard InChI is InChI=1S/C56H42N2/c1-56(2)53-47-21-9-7-18-44(47)43-17-6-8-20-46(43)52(53)49-33-32-48-45-19-10-11-22-51(45)58(55(48)54(49)56)42-16-12-15-41(35-42)39-26-23-36(24-27-39)25-34-50(57)40-30-28-38(29-31-40)37-13-4-3-5-14-37/h3-24,26-35H,25,57H2,1-2H3/b50-34-. The van der Waals surface area contributed by atoms with Crippen molar-refractivity contribution in [2.75, 3.05) is 0 Å². The molecular formula is C56H42N2. The van der Waals surface area contributed by atoms with Crippen molar-refractivity contribution >= 4 is 49.0 Å². The number of nitrogens with zero attached hydrogens (tertiary/aromatic N) is 1. The molecule has 0 aliphatic heterocycles. The summed E-state index contributed by atoms with van der Waals surface area (Å²) in [7, 11) is 0. The number of fused-ring (bicyclic) bond motifs is 12. The van der Waals surface area contributed by atoms with Crippen molar-refractivity contribution in [2.45, 2.75) is 25.7 Å². The van der Waals surface area contributed by atoms with Crippen molar-refractivity contribution in [1.29, 1.82) is 0 Å². The lowest BCUT2D eigenvalue weighted by Crippen LogP contribution is -2.17. The minimum absolute atomic E-state index is 0.239. The number of hydrogen-bond donors (Lipinski definition) is 1. The highest BCUT2D eigenvalue weighted by Crippen LogP contribution is 2.57. The van der Waals surface area contributed by atoms with Gasteiger partial charge >= 0.3 is 0 Å². The third-order valence-electron chi connectivity index (χ3n) is 12.6. The Morgan fingerprint density at radius 2 is 1.09 bits per heavy atom. The van der Waals surface area contributed by atoms with E-state index >= 15 is 0 Å². The van der Waals surface area contributed by atoms with Crippen molar-refractivity contribution in [1.82, 2.24) is 4.57 Å². The molecule has 11 rings (SSSR count). The second kappa shape index (κ2) is 13.2. The van der Waals surface area contributed by atoms with Gasteiger partial charge in [-0.1, -0.05) is 190 Å². The molecule has 9 aromatic carbocycles. The fourth-order valence-electron chi connectivity index (χ4n) is 9.85. The van der Waals surface area contributed by atoms with E-state index < -0.39 is 0 Å². The zero-order valence-corrected chi connectivity index (χ0v) is 32.7. The van der Waals surface area contributed by atoms with Crippen LogP contribution in [0.2, 0.25) is 0 Å². The fourth-order valence-corrected chi connectivity index (χ4v) is 9.85. The Balaban J connectivity index is 0.980. The van der Waals surface area contributed by atoms with Gasteiger partial charge in [0.05, 0.1) is 11.0 Å². The summed E-state index contributed by atoms with van der Waals surface area (Å²) < 4.78 is 2.53. The number of benzene rings is 9. The van der Waals surface area contributed by atoms with Crippen molar-refractivity contribution in [2.24, 2.45) is 5.73 Å². The van der Waals surface area contributed by atoms with Gasteiger partial charge < -0.3 is 10.3 Å². The van der Waals surface area contributed by atoms with Crippen LogP contribution in [0.1, 0.15) is 36.1 Å². The Morgan fingerprint density at radius 3 is 1.84 bits per heavy atom. The van der Waals surface area contributed by atoms with Gasteiger partial charge in [0, 0.05) is 27.6 Å². The molecule has 1 aliphatic rings. The average molecular weight is 743 g/mol. The number of para-hydroxylation sites is 1. The van der Waals surface area contributed by atoms with Gasteiger partial charge in [-0.3, -0.25) is 0 Å². The zero-order valence-electron chi connectivity index (χ0n) is 32.7. The maximum Gasteiger partial charge on any atom is 0.0588 e. The Morgan fingerprint density at radius 1 is 0.500 bits per heavy atom. The summed E-state index contributed by atoms with van der Waals surface area (Å²) in [6.45, 7) is 4.87. The molecule has 0 spiro atoms. The Hall–Kier alpha value is -7.16. The first-order valence-electron chi connectivity index (χ1n) is 20.3. The van der Waals surface area contributed by atoms with E-state index in [1.165, 1.54) is 93.4 Å². The van der Waals surface area contributed by atoms with E-state index in [2.05, 4.69) is 206 Å². The monoisotopic (exact) mass is 742 g/mol. The molecule has 58 heavy (non-hydrogen) atoms. The molecule has 1 aromatic heterocycles. The normalized spacial score (nSPS) is 13.4. The smallest absolute Gasteiger partial charge is 0.0588 e. The minimum Gasteiger partial charge on any atom is -0.398 e. The highest BCUT2D eigenvalue weighted by Gasteiger charge is 2.41. The molecule has 0 radical (unpaired) electrons. The van der Waals surface area contributed by atoms with Gasteiger partial charge in [-0.2, -0.15) is 0 Å². The van der Waals surface area contributed by atoms with Gasteiger partial charge in [-0.25, -0.2) is 0 Å². The molecule has 0 atom stereocenters. The first-order chi connectivity index (χ1) is 28.5. The summed E-state index contributed by atoms with van der Waals surface area (Å²) in [5.41, 5.74) is 23.4. The van der Waals surface area contributed by atoms with E-state index in [0.29, 0.717) is 0 Å². The van der Waals surface area contributed by atoms with Gasteiger partial charge in [0.2, 0.25) is 0 Å². The molecule has 2 heteroatoms. The predicted molar refractivity (Wildman–Crippen MR) is 247 cm³/mol.